The molecule has 0 radical (unpaired) electrons. The van der Waals surface area contributed by atoms with Gasteiger partial charge in [0.1, 0.15) is 5.82 Å². The van der Waals surface area contributed by atoms with E-state index in [1.54, 1.807) is 12.1 Å². The molecule has 5 nitrogen and oxygen atoms in total. The zero-order valence-electron chi connectivity index (χ0n) is 15.0. The van der Waals surface area contributed by atoms with Gasteiger partial charge in [-0.25, -0.2) is 0 Å². The van der Waals surface area contributed by atoms with Crippen LogP contribution in [0.3, 0.4) is 0 Å². The first kappa shape index (κ1) is 16.5. The lowest BCUT2D eigenvalue weighted by Crippen LogP contribution is -2.18. The molecular weight excluding hydrogens is 324 g/mol. The number of benzene rings is 2. The third-order valence-electron chi connectivity index (χ3n) is 5.14. The second-order valence-corrected chi connectivity index (χ2v) is 7.20. The highest BCUT2D eigenvalue weighted by Gasteiger charge is 2.50. The number of nitrogens with zero attached hydrogens (tertiary/aromatic N) is 3. The summed E-state index contributed by atoms with van der Waals surface area (Å²) >= 11 is 0. The zero-order chi connectivity index (χ0) is 18.3. The zero-order valence-corrected chi connectivity index (χ0v) is 15.0. The Bertz CT molecular complexity index is 938. The summed E-state index contributed by atoms with van der Waals surface area (Å²) in [5.74, 6) is 1.42. The summed E-state index contributed by atoms with van der Waals surface area (Å²) in [6.45, 7) is 4.30. The quantitative estimate of drug-likeness (QED) is 0.765. The second-order valence-electron chi connectivity index (χ2n) is 7.20. The van der Waals surface area contributed by atoms with E-state index in [0.29, 0.717) is 5.56 Å². The third-order valence-corrected chi connectivity index (χ3v) is 5.14. The van der Waals surface area contributed by atoms with Crippen LogP contribution in [0.4, 0.5) is 0 Å². The summed E-state index contributed by atoms with van der Waals surface area (Å²) in [6, 6.07) is 18.0. The molecule has 0 aliphatic heterocycles. The molecule has 2 N–H and O–H groups in total. The lowest BCUT2D eigenvalue weighted by atomic mass is 9.94. The van der Waals surface area contributed by atoms with Gasteiger partial charge in [0.05, 0.1) is 5.41 Å². The number of amides is 1. The first-order valence-electron chi connectivity index (χ1n) is 8.94. The topological polar surface area (TPSA) is 73.8 Å². The number of aromatic nitrogens is 3. The van der Waals surface area contributed by atoms with Crippen LogP contribution < -0.4 is 5.73 Å². The minimum absolute atomic E-state index is 0.0378. The molecule has 1 fully saturated rings. The summed E-state index contributed by atoms with van der Waals surface area (Å²) in [5.41, 5.74) is 8.03. The van der Waals surface area contributed by atoms with Gasteiger partial charge in [0.15, 0.2) is 5.82 Å². The van der Waals surface area contributed by atoms with Crippen LogP contribution in [0, 0.1) is 0 Å². The van der Waals surface area contributed by atoms with Gasteiger partial charge < -0.3 is 10.3 Å². The van der Waals surface area contributed by atoms with Crippen LogP contribution in [-0.2, 0) is 5.41 Å². The number of primary amides is 1. The standard InChI is InChI=1S/C21H22N4O/c1-14(2)25-19(16-10-8-15(9-11-16)18(22)26)23-24-20(25)21(12-13-21)17-6-4-3-5-7-17/h3-11,14H,12-13H2,1-2H3,(H2,22,26). The van der Waals surface area contributed by atoms with E-state index in [9.17, 15) is 4.79 Å². The Morgan fingerprint density at radius 2 is 1.69 bits per heavy atom. The fourth-order valence-electron chi connectivity index (χ4n) is 3.61. The number of rotatable bonds is 5. The maximum absolute atomic E-state index is 11.3. The van der Waals surface area contributed by atoms with E-state index in [4.69, 9.17) is 5.73 Å². The van der Waals surface area contributed by atoms with Gasteiger partial charge >= 0.3 is 0 Å². The fourth-order valence-corrected chi connectivity index (χ4v) is 3.61. The molecule has 26 heavy (non-hydrogen) atoms. The van der Waals surface area contributed by atoms with Gasteiger partial charge in [0.2, 0.25) is 5.91 Å². The highest BCUT2D eigenvalue weighted by Crippen LogP contribution is 2.53. The molecule has 2 aromatic carbocycles. The Balaban J connectivity index is 1.81. The number of nitrogens with two attached hydrogens (primary N) is 1. The van der Waals surface area contributed by atoms with Crippen molar-refractivity contribution in [2.24, 2.45) is 5.73 Å². The number of carbonyl (C=O) groups excluding carboxylic acids is 1. The van der Waals surface area contributed by atoms with Crippen molar-refractivity contribution in [1.82, 2.24) is 14.8 Å². The largest absolute Gasteiger partial charge is 0.366 e. The molecule has 4 rings (SSSR count). The number of carbonyl (C=O) groups is 1. The van der Waals surface area contributed by atoms with Crippen LogP contribution in [0.25, 0.3) is 11.4 Å². The van der Waals surface area contributed by atoms with E-state index in [2.05, 4.69) is 52.9 Å². The molecule has 132 valence electrons. The van der Waals surface area contributed by atoms with Gasteiger partial charge in [-0.2, -0.15) is 0 Å². The SMILES string of the molecule is CC(C)n1c(-c2ccc(C(N)=O)cc2)nnc1C1(c2ccccc2)CC1. The maximum Gasteiger partial charge on any atom is 0.248 e. The Morgan fingerprint density at radius 3 is 2.23 bits per heavy atom. The smallest absolute Gasteiger partial charge is 0.248 e. The van der Waals surface area contributed by atoms with Crippen LogP contribution in [0.1, 0.15) is 54.5 Å². The van der Waals surface area contributed by atoms with E-state index in [0.717, 1.165) is 30.1 Å². The third kappa shape index (κ3) is 2.60. The van der Waals surface area contributed by atoms with Crippen molar-refractivity contribution in [2.45, 2.75) is 38.1 Å². The highest BCUT2D eigenvalue weighted by atomic mass is 16.1. The fraction of sp³-hybridized carbons (Fsp3) is 0.286. The van der Waals surface area contributed by atoms with Crippen LogP contribution in [-0.4, -0.2) is 20.7 Å². The van der Waals surface area contributed by atoms with E-state index < -0.39 is 5.91 Å². The summed E-state index contributed by atoms with van der Waals surface area (Å²) < 4.78 is 2.22. The molecule has 1 amide bonds. The number of hydrogen-bond donors (Lipinski definition) is 1. The van der Waals surface area contributed by atoms with Crippen molar-refractivity contribution < 1.29 is 4.79 Å². The minimum atomic E-state index is -0.427. The summed E-state index contributed by atoms with van der Waals surface area (Å²) in [6.07, 6.45) is 2.17. The Hall–Kier alpha value is -2.95. The average molecular weight is 346 g/mol. The first-order chi connectivity index (χ1) is 12.5. The molecule has 1 aliphatic carbocycles. The molecule has 1 heterocycles. The number of hydrogen-bond acceptors (Lipinski definition) is 3. The predicted octanol–water partition coefficient (Wildman–Crippen LogP) is 3.70. The molecular formula is C21H22N4O. The molecule has 0 spiro atoms. The van der Waals surface area contributed by atoms with Gasteiger partial charge in [-0.15, -0.1) is 10.2 Å². The van der Waals surface area contributed by atoms with Crippen LogP contribution in [0.15, 0.2) is 54.6 Å². The van der Waals surface area contributed by atoms with Crippen molar-refractivity contribution in [3.63, 3.8) is 0 Å². The lowest BCUT2D eigenvalue weighted by Gasteiger charge is -2.20. The molecule has 1 aromatic heterocycles. The summed E-state index contributed by atoms with van der Waals surface area (Å²) in [4.78, 5) is 11.3. The van der Waals surface area contributed by atoms with Gasteiger partial charge in [0, 0.05) is 17.2 Å². The molecule has 0 bridgehead atoms. The molecule has 0 unspecified atom stereocenters. The monoisotopic (exact) mass is 346 g/mol. The van der Waals surface area contributed by atoms with Crippen molar-refractivity contribution in [2.75, 3.05) is 0 Å². The van der Waals surface area contributed by atoms with E-state index in [1.165, 1.54) is 5.56 Å². The van der Waals surface area contributed by atoms with E-state index >= 15 is 0 Å². The van der Waals surface area contributed by atoms with Crippen molar-refractivity contribution in [1.29, 1.82) is 0 Å². The Morgan fingerprint density at radius 1 is 1.04 bits per heavy atom. The van der Waals surface area contributed by atoms with Gasteiger partial charge in [-0.05, 0) is 44.4 Å². The first-order valence-corrected chi connectivity index (χ1v) is 8.94. The van der Waals surface area contributed by atoms with Gasteiger partial charge in [0.25, 0.3) is 0 Å². The molecule has 5 heteroatoms. The maximum atomic E-state index is 11.3. The van der Waals surface area contributed by atoms with Crippen LogP contribution in [0.5, 0.6) is 0 Å². The highest BCUT2D eigenvalue weighted by molar-refractivity contribution is 5.93. The van der Waals surface area contributed by atoms with E-state index in [1.807, 2.05) is 18.2 Å². The predicted molar refractivity (Wildman–Crippen MR) is 101 cm³/mol. The Labute approximate surface area is 152 Å². The van der Waals surface area contributed by atoms with Crippen molar-refractivity contribution >= 4 is 5.91 Å². The van der Waals surface area contributed by atoms with Crippen molar-refractivity contribution in [3.8, 4) is 11.4 Å². The second kappa shape index (κ2) is 6.09. The van der Waals surface area contributed by atoms with Gasteiger partial charge in [-0.3, -0.25) is 4.79 Å². The van der Waals surface area contributed by atoms with Crippen molar-refractivity contribution in [3.05, 3.63) is 71.5 Å². The molecule has 3 aromatic rings. The summed E-state index contributed by atoms with van der Waals surface area (Å²) in [5, 5.41) is 9.11. The molecule has 0 saturated heterocycles. The molecule has 1 saturated carbocycles. The van der Waals surface area contributed by atoms with Crippen LogP contribution in [0.2, 0.25) is 0 Å². The van der Waals surface area contributed by atoms with Gasteiger partial charge in [-0.1, -0.05) is 42.5 Å². The minimum Gasteiger partial charge on any atom is -0.366 e. The Kier molecular flexibility index (Phi) is 3.87. The molecule has 1 aliphatic rings. The lowest BCUT2D eigenvalue weighted by molar-refractivity contribution is 0.100. The average Bonchev–Trinajstić information content (AvgIpc) is 3.34. The van der Waals surface area contributed by atoms with Crippen LogP contribution >= 0.6 is 0 Å². The van der Waals surface area contributed by atoms with E-state index in [-0.39, 0.29) is 11.5 Å². The summed E-state index contributed by atoms with van der Waals surface area (Å²) in [7, 11) is 0. The molecule has 0 atom stereocenters. The normalized spacial score (nSPS) is 15.2.